The van der Waals surface area contributed by atoms with E-state index in [1.807, 2.05) is 0 Å². The van der Waals surface area contributed by atoms with Crippen LogP contribution < -0.4 is 5.32 Å². The number of carbonyl (C=O) groups excluding carboxylic acids is 2. The largest absolute Gasteiger partial charge is 0.347 e. The van der Waals surface area contributed by atoms with Crippen LogP contribution in [-0.4, -0.2) is 42.3 Å². The van der Waals surface area contributed by atoms with Crippen molar-refractivity contribution in [3.8, 4) is 0 Å². The number of hydrogen-bond acceptors (Lipinski definition) is 4. The summed E-state index contributed by atoms with van der Waals surface area (Å²) in [5, 5.41) is 13.2. The van der Waals surface area contributed by atoms with Crippen LogP contribution in [0.3, 0.4) is 0 Å². The van der Waals surface area contributed by atoms with Gasteiger partial charge in [0.25, 0.3) is 5.69 Å². The number of hydrogen-bond donors (Lipinski definition) is 1. The molecule has 0 spiro atoms. The number of nitrogens with zero attached hydrogens (tertiary/aromatic N) is 2. The van der Waals surface area contributed by atoms with Gasteiger partial charge in [-0.3, -0.25) is 19.7 Å². The molecule has 7 nitrogen and oxygen atoms in total. The second-order valence-corrected chi connectivity index (χ2v) is 4.16. The first-order valence-corrected chi connectivity index (χ1v) is 5.81. The van der Waals surface area contributed by atoms with E-state index in [0.717, 1.165) is 6.08 Å². The number of nitro benzene ring substituents is 1. The van der Waals surface area contributed by atoms with Gasteiger partial charge >= 0.3 is 0 Å². The monoisotopic (exact) mass is 277 g/mol. The molecular formula is C13H15N3O4. The molecule has 1 aromatic carbocycles. The van der Waals surface area contributed by atoms with Crippen LogP contribution in [0.25, 0.3) is 6.08 Å². The van der Waals surface area contributed by atoms with Crippen molar-refractivity contribution in [2.75, 3.05) is 20.6 Å². The normalized spacial score (nSPS) is 10.3. The molecule has 0 saturated carbocycles. The standard InChI is InChI=1S/C13H15N3O4/c1-15(2)13(18)9-14-12(17)8-7-10-5-3-4-6-11(10)16(19)20/h3-8H,9H2,1-2H3,(H,14,17)/b8-7+. The van der Waals surface area contributed by atoms with Crippen molar-refractivity contribution in [1.82, 2.24) is 10.2 Å². The Morgan fingerprint density at radius 3 is 2.60 bits per heavy atom. The van der Waals surface area contributed by atoms with Crippen molar-refractivity contribution in [3.05, 3.63) is 46.0 Å². The topological polar surface area (TPSA) is 92.6 Å². The second kappa shape index (κ2) is 7.03. The molecule has 0 aliphatic carbocycles. The van der Waals surface area contributed by atoms with Crippen molar-refractivity contribution in [1.29, 1.82) is 0 Å². The third kappa shape index (κ3) is 4.52. The Bertz CT molecular complexity index is 552. The zero-order chi connectivity index (χ0) is 15.1. The fourth-order valence-electron chi connectivity index (χ4n) is 1.34. The SMILES string of the molecule is CN(C)C(=O)CNC(=O)/C=C/c1ccccc1[N+](=O)[O-]. The zero-order valence-corrected chi connectivity index (χ0v) is 11.2. The summed E-state index contributed by atoms with van der Waals surface area (Å²) in [5.74, 6) is -0.726. The molecule has 0 bridgehead atoms. The highest BCUT2D eigenvalue weighted by molar-refractivity contribution is 5.94. The molecular weight excluding hydrogens is 262 g/mol. The molecule has 0 aromatic heterocycles. The minimum Gasteiger partial charge on any atom is -0.347 e. The molecule has 1 rings (SSSR count). The lowest BCUT2D eigenvalue weighted by Gasteiger charge is -2.09. The van der Waals surface area contributed by atoms with Gasteiger partial charge in [0.1, 0.15) is 0 Å². The summed E-state index contributed by atoms with van der Waals surface area (Å²) >= 11 is 0. The van der Waals surface area contributed by atoms with E-state index in [0.29, 0.717) is 5.56 Å². The van der Waals surface area contributed by atoms with E-state index in [2.05, 4.69) is 5.32 Å². The summed E-state index contributed by atoms with van der Waals surface area (Å²) in [6.07, 6.45) is 2.50. The minimum absolute atomic E-state index is 0.0825. The maximum atomic E-state index is 11.5. The Hall–Kier alpha value is -2.70. The van der Waals surface area contributed by atoms with Gasteiger partial charge in [-0.15, -0.1) is 0 Å². The average molecular weight is 277 g/mol. The number of amides is 2. The van der Waals surface area contributed by atoms with Gasteiger partial charge < -0.3 is 10.2 Å². The molecule has 0 atom stereocenters. The van der Waals surface area contributed by atoms with Crippen LogP contribution in [0, 0.1) is 10.1 Å². The molecule has 7 heteroatoms. The van der Waals surface area contributed by atoms with Crippen LogP contribution in [0.2, 0.25) is 0 Å². The molecule has 0 aliphatic rings. The summed E-state index contributed by atoms with van der Waals surface area (Å²) in [6, 6.07) is 6.07. The van der Waals surface area contributed by atoms with Crippen LogP contribution in [0.15, 0.2) is 30.3 Å². The van der Waals surface area contributed by atoms with E-state index in [4.69, 9.17) is 0 Å². The van der Waals surface area contributed by atoms with E-state index >= 15 is 0 Å². The second-order valence-electron chi connectivity index (χ2n) is 4.16. The molecule has 0 saturated heterocycles. The highest BCUT2D eigenvalue weighted by Crippen LogP contribution is 2.18. The van der Waals surface area contributed by atoms with Gasteiger partial charge in [0.15, 0.2) is 0 Å². The minimum atomic E-state index is -0.521. The fourth-order valence-corrected chi connectivity index (χ4v) is 1.34. The first-order valence-electron chi connectivity index (χ1n) is 5.81. The molecule has 0 heterocycles. The third-order valence-electron chi connectivity index (χ3n) is 2.46. The van der Waals surface area contributed by atoms with E-state index in [1.165, 1.54) is 23.1 Å². The van der Waals surface area contributed by atoms with Gasteiger partial charge in [-0.25, -0.2) is 0 Å². The molecule has 1 N–H and O–H groups in total. The number of para-hydroxylation sites is 1. The van der Waals surface area contributed by atoms with Crippen LogP contribution in [0.5, 0.6) is 0 Å². The summed E-state index contributed by atoms with van der Waals surface area (Å²) in [7, 11) is 3.16. The van der Waals surface area contributed by atoms with Crippen molar-refractivity contribution in [3.63, 3.8) is 0 Å². The van der Waals surface area contributed by atoms with Crippen molar-refractivity contribution in [2.45, 2.75) is 0 Å². The highest BCUT2D eigenvalue weighted by Gasteiger charge is 2.10. The smallest absolute Gasteiger partial charge is 0.276 e. The van der Waals surface area contributed by atoms with Crippen LogP contribution in [0.1, 0.15) is 5.56 Å². The first kappa shape index (κ1) is 15.4. The number of rotatable bonds is 5. The number of carbonyl (C=O) groups is 2. The predicted octanol–water partition coefficient (Wildman–Crippen LogP) is 0.812. The summed E-state index contributed by atoms with van der Waals surface area (Å²) in [6.45, 7) is -0.118. The average Bonchev–Trinajstić information content (AvgIpc) is 2.42. The Kier molecular flexibility index (Phi) is 5.40. The lowest BCUT2D eigenvalue weighted by Crippen LogP contribution is -2.35. The van der Waals surface area contributed by atoms with Gasteiger partial charge in [0.05, 0.1) is 17.0 Å². The Balaban J connectivity index is 2.67. The Labute approximate surface area is 116 Å². The molecule has 0 unspecified atom stereocenters. The number of nitro groups is 1. The van der Waals surface area contributed by atoms with Gasteiger partial charge in [-0.1, -0.05) is 12.1 Å². The molecule has 0 radical (unpaired) electrons. The van der Waals surface area contributed by atoms with Gasteiger partial charge in [-0.2, -0.15) is 0 Å². The molecule has 106 valence electrons. The molecule has 2 amide bonds. The van der Waals surface area contributed by atoms with Crippen LogP contribution in [0.4, 0.5) is 5.69 Å². The van der Waals surface area contributed by atoms with E-state index in [-0.39, 0.29) is 18.1 Å². The summed E-state index contributed by atoms with van der Waals surface area (Å²) < 4.78 is 0. The summed E-state index contributed by atoms with van der Waals surface area (Å²) in [4.78, 5) is 34.4. The van der Waals surface area contributed by atoms with Crippen molar-refractivity contribution in [2.24, 2.45) is 0 Å². The van der Waals surface area contributed by atoms with Gasteiger partial charge in [-0.05, 0) is 12.1 Å². The fraction of sp³-hybridized carbons (Fsp3) is 0.231. The van der Waals surface area contributed by atoms with Crippen molar-refractivity contribution >= 4 is 23.6 Å². The highest BCUT2D eigenvalue weighted by atomic mass is 16.6. The maximum Gasteiger partial charge on any atom is 0.276 e. The molecule has 20 heavy (non-hydrogen) atoms. The zero-order valence-electron chi connectivity index (χ0n) is 11.2. The quantitative estimate of drug-likeness (QED) is 0.489. The molecule has 0 fully saturated rings. The van der Waals surface area contributed by atoms with Gasteiger partial charge in [0, 0.05) is 26.2 Å². The first-order chi connectivity index (χ1) is 9.41. The molecule has 0 aliphatic heterocycles. The van der Waals surface area contributed by atoms with E-state index in [1.54, 1.807) is 26.2 Å². The maximum absolute atomic E-state index is 11.5. The van der Waals surface area contributed by atoms with Crippen LogP contribution >= 0.6 is 0 Å². The Morgan fingerprint density at radius 1 is 1.35 bits per heavy atom. The third-order valence-corrected chi connectivity index (χ3v) is 2.46. The number of likely N-dealkylation sites (N-methyl/N-ethyl adjacent to an activating group) is 1. The number of nitrogens with one attached hydrogen (secondary N) is 1. The summed E-state index contributed by atoms with van der Waals surface area (Å²) in [5.41, 5.74) is 0.243. The van der Waals surface area contributed by atoms with Gasteiger partial charge in [0.2, 0.25) is 11.8 Å². The van der Waals surface area contributed by atoms with Crippen molar-refractivity contribution < 1.29 is 14.5 Å². The lowest BCUT2D eigenvalue weighted by atomic mass is 10.1. The number of benzene rings is 1. The molecule has 1 aromatic rings. The lowest BCUT2D eigenvalue weighted by molar-refractivity contribution is -0.385. The van der Waals surface area contributed by atoms with Crippen LogP contribution in [-0.2, 0) is 9.59 Å². The van der Waals surface area contributed by atoms with E-state index in [9.17, 15) is 19.7 Å². The van der Waals surface area contributed by atoms with E-state index < -0.39 is 10.8 Å². The predicted molar refractivity (Wildman–Crippen MR) is 73.8 cm³/mol. The Morgan fingerprint density at radius 2 is 2.00 bits per heavy atom.